The molecule has 0 N–H and O–H groups in total. The second kappa shape index (κ2) is 6.58. The summed E-state index contributed by atoms with van der Waals surface area (Å²) in [6.07, 6.45) is 9.26. The quantitative estimate of drug-likeness (QED) is 0.516. The van der Waals surface area contributed by atoms with Crippen LogP contribution in [0.4, 0.5) is 11.4 Å². The van der Waals surface area contributed by atoms with Gasteiger partial charge in [-0.1, -0.05) is 44.0 Å². The molecule has 2 aliphatic heterocycles. The molecule has 0 bridgehead atoms. The lowest BCUT2D eigenvalue weighted by Gasteiger charge is -2.46. The third-order valence-corrected chi connectivity index (χ3v) is 6.54. The topological polar surface area (TPSA) is 37.7 Å². The Morgan fingerprint density at radius 2 is 1.90 bits per heavy atom. The highest BCUT2D eigenvalue weighted by Crippen LogP contribution is 2.54. The number of nitrogens with zero attached hydrogens (tertiary/aromatic N) is 3. The van der Waals surface area contributed by atoms with E-state index in [9.17, 15) is 0 Å². The Kier molecular flexibility index (Phi) is 4.12. The van der Waals surface area contributed by atoms with Crippen LogP contribution < -0.4 is 9.64 Å². The Balaban J connectivity index is 1.65. The molecule has 4 heteroatoms. The minimum atomic E-state index is -0.632. The van der Waals surface area contributed by atoms with Crippen LogP contribution in [-0.2, 0) is 5.41 Å². The van der Waals surface area contributed by atoms with E-state index in [0.717, 1.165) is 35.2 Å². The summed E-state index contributed by atoms with van der Waals surface area (Å²) in [6, 6.07) is 14.9. The van der Waals surface area contributed by atoms with Gasteiger partial charge in [0.15, 0.2) is 0 Å². The first-order valence-electron chi connectivity index (χ1n) is 10.6. The van der Waals surface area contributed by atoms with Crippen molar-refractivity contribution >= 4 is 28.4 Å². The van der Waals surface area contributed by atoms with Crippen LogP contribution in [0.5, 0.6) is 5.75 Å². The van der Waals surface area contributed by atoms with Gasteiger partial charge in [0.1, 0.15) is 11.4 Å². The molecule has 3 aromatic rings. The lowest BCUT2D eigenvalue weighted by atomic mass is 9.77. The number of pyridine rings is 1. The fraction of sp³-hybridized carbons (Fsp3) is 0.360. The van der Waals surface area contributed by atoms with Crippen molar-refractivity contribution in [1.29, 1.82) is 0 Å². The Hall–Kier alpha value is -2.88. The van der Waals surface area contributed by atoms with Crippen molar-refractivity contribution in [2.24, 2.45) is 4.99 Å². The van der Waals surface area contributed by atoms with Crippen LogP contribution in [-0.4, -0.2) is 23.5 Å². The largest absolute Gasteiger partial charge is 0.459 e. The zero-order chi connectivity index (χ0) is 20.1. The van der Waals surface area contributed by atoms with Gasteiger partial charge < -0.3 is 9.64 Å². The van der Waals surface area contributed by atoms with E-state index in [0.29, 0.717) is 0 Å². The van der Waals surface area contributed by atoms with Crippen LogP contribution in [0.1, 0.15) is 45.6 Å². The zero-order valence-corrected chi connectivity index (χ0v) is 17.4. The molecular weight excluding hydrogens is 358 g/mol. The molecule has 3 heterocycles. The standard InChI is InChI=1S/C25H27N3O/c1-4-5-8-15-28-21-10-7-6-9-20(21)24(2,3)25(28)17-27-23-19-16-26-14-13-18(19)11-12-22(23)29-25/h6-7,9-14,16-17H,4-5,8,15H2,1-3H3. The predicted octanol–water partition coefficient (Wildman–Crippen LogP) is 6.01. The van der Waals surface area contributed by atoms with E-state index in [1.165, 1.54) is 24.1 Å². The van der Waals surface area contributed by atoms with Crippen molar-refractivity contribution in [3.05, 3.63) is 60.4 Å². The highest BCUT2D eigenvalue weighted by molar-refractivity contribution is 5.99. The SMILES string of the molecule is CCCCCN1c2ccccc2C(C)(C)C12C=Nc1c(ccc3ccncc13)O2. The normalized spacial score (nSPS) is 21.3. The van der Waals surface area contributed by atoms with Gasteiger partial charge in [-0.05, 0) is 49.4 Å². The van der Waals surface area contributed by atoms with Gasteiger partial charge in [-0.3, -0.25) is 9.98 Å². The van der Waals surface area contributed by atoms with Gasteiger partial charge in [0.05, 0.1) is 11.6 Å². The number of unbranched alkanes of at least 4 members (excludes halogenated alkanes) is 2. The summed E-state index contributed by atoms with van der Waals surface area (Å²) in [4.78, 5) is 11.7. The van der Waals surface area contributed by atoms with Gasteiger partial charge in [-0.2, -0.15) is 0 Å². The Bertz CT molecular complexity index is 1100. The monoisotopic (exact) mass is 385 g/mol. The molecule has 1 atom stereocenters. The maximum absolute atomic E-state index is 6.88. The van der Waals surface area contributed by atoms with Crippen LogP contribution in [0.2, 0.25) is 0 Å². The highest BCUT2D eigenvalue weighted by atomic mass is 16.5. The number of para-hydroxylation sites is 1. The minimum Gasteiger partial charge on any atom is -0.459 e. The Morgan fingerprint density at radius 3 is 2.76 bits per heavy atom. The van der Waals surface area contributed by atoms with E-state index in [2.05, 4.69) is 67.1 Å². The van der Waals surface area contributed by atoms with Gasteiger partial charge >= 0.3 is 0 Å². The van der Waals surface area contributed by atoms with Crippen molar-refractivity contribution in [3.63, 3.8) is 0 Å². The van der Waals surface area contributed by atoms with Crippen molar-refractivity contribution in [1.82, 2.24) is 4.98 Å². The van der Waals surface area contributed by atoms with E-state index in [1.807, 2.05) is 24.7 Å². The predicted molar refractivity (Wildman–Crippen MR) is 120 cm³/mol. The molecule has 4 nitrogen and oxygen atoms in total. The number of hydrogen-bond acceptors (Lipinski definition) is 4. The molecule has 5 rings (SSSR count). The molecule has 1 aromatic heterocycles. The van der Waals surface area contributed by atoms with Gasteiger partial charge in [-0.15, -0.1) is 0 Å². The van der Waals surface area contributed by atoms with E-state index >= 15 is 0 Å². The Morgan fingerprint density at radius 1 is 1.03 bits per heavy atom. The van der Waals surface area contributed by atoms with Gasteiger partial charge in [-0.25, -0.2) is 0 Å². The second-order valence-electron chi connectivity index (χ2n) is 8.57. The first-order valence-corrected chi connectivity index (χ1v) is 10.6. The number of rotatable bonds is 4. The Labute approximate surface area is 172 Å². The average molecular weight is 386 g/mol. The smallest absolute Gasteiger partial charge is 0.228 e. The van der Waals surface area contributed by atoms with Crippen LogP contribution in [0, 0.1) is 0 Å². The van der Waals surface area contributed by atoms with Crippen LogP contribution >= 0.6 is 0 Å². The van der Waals surface area contributed by atoms with Gasteiger partial charge in [0.2, 0.25) is 5.72 Å². The summed E-state index contributed by atoms with van der Waals surface area (Å²) in [5.74, 6) is 0.828. The summed E-state index contributed by atoms with van der Waals surface area (Å²) >= 11 is 0. The molecule has 0 fully saturated rings. The molecule has 1 unspecified atom stereocenters. The van der Waals surface area contributed by atoms with Crippen molar-refractivity contribution in [2.45, 2.75) is 51.2 Å². The molecule has 0 amide bonds. The third-order valence-electron chi connectivity index (χ3n) is 6.54. The number of ether oxygens (including phenoxy) is 1. The average Bonchev–Trinajstić information content (AvgIpc) is 2.92. The summed E-state index contributed by atoms with van der Waals surface area (Å²) in [5, 5.41) is 2.16. The molecule has 0 aliphatic carbocycles. The summed E-state index contributed by atoms with van der Waals surface area (Å²) in [7, 11) is 0. The molecule has 2 aromatic carbocycles. The lowest BCUT2D eigenvalue weighted by Crippen LogP contribution is -2.62. The number of fused-ring (bicyclic) bond motifs is 4. The third kappa shape index (κ3) is 2.51. The maximum atomic E-state index is 6.88. The van der Waals surface area contributed by atoms with E-state index < -0.39 is 5.72 Å². The summed E-state index contributed by atoms with van der Waals surface area (Å²) in [5.41, 5.74) is 2.58. The summed E-state index contributed by atoms with van der Waals surface area (Å²) < 4.78 is 6.88. The van der Waals surface area contributed by atoms with E-state index in [1.54, 1.807) is 0 Å². The lowest BCUT2D eigenvalue weighted by molar-refractivity contribution is 0.0775. The molecule has 0 saturated heterocycles. The number of benzene rings is 2. The van der Waals surface area contributed by atoms with Crippen molar-refractivity contribution < 1.29 is 4.74 Å². The molecule has 2 aliphatic rings. The first kappa shape index (κ1) is 18.2. The number of aliphatic imine (C=N–C) groups is 1. The van der Waals surface area contributed by atoms with Crippen LogP contribution in [0.3, 0.4) is 0 Å². The van der Waals surface area contributed by atoms with E-state index in [-0.39, 0.29) is 5.41 Å². The second-order valence-corrected chi connectivity index (χ2v) is 8.57. The fourth-order valence-corrected chi connectivity index (χ4v) is 4.85. The van der Waals surface area contributed by atoms with Crippen molar-refractivity contribution in [3.8, 4) is 5.75 Å². The molecule has 148 valence electrons. The van der Waals surface area contributed by atoms with Gasteiger partial charge in [0.25, 0.3) is 0 Å². The number of anilines is 1. The van der Waals surface area contributed by atoms with Crippen LogP contribution in [0.25, 0.3) is 10.8 Å². The molecule has 29 heavy (non-hydrogen) atoms. The van der Waals surface area contributed by atoms with Crippen LogP contribution in [0.15, 0.2) is 59.9 Å². The summed E-state index contributed by atoms with van der Waals surface area (Å²) in [6.45, 7) is 7.73. The fourth-order valence-electron chi connectivity index (χ4n) is 4.85. The zero-order valence-electron chi connectivity index (χ0n) is 17.4. The molecular formula is C25H27N3O. The molecule has 0 saturated carbocycles. The molecule has 1 spiro atoms. The van der Waals surface area contributed by atoms with E-state index in [4.69, 9.17) is 9.73 Å². The highest BCUT2D eigenvalue weighted by Gasteiger charge is 2.59. The maximum Gasteiger partial charge on any atom is 0.228 e. The molecule has 0 radical (unpaired) electrons. The first-order chi connectivity index (χ1) is 14.1. The number of aromatic nitrogens is 1. The van der Waals surface area contributed by atoms with Gasteiger partial charge in [0, 0.05) is 30.0 Å². The van der Waals surface area contributed by atoms with Crippen molar-refractivity contribution in [2.75, 3.05) is 11.4 Å². The minimum absolute atomic E-state index is 0.235. The number of hydrogen-bond donors (Lipinski definition) is 0.